The van der Waals surface area contributed by atoms with Crippen molar-refractivity contribution < 1.29 is 8.42 Å². The summed E-state index contributed by atoms with van der Waals surface area (Å²) in [7, 11) is -3.57. The Bertz CT molecular complexity index is 1250. The van der Waals surface area contributed by atoms with E-state index in [-0.39, 0.29) is 17.0 Å². The Morgan fingerprint density at radius 2 is 2.03 bits per heavy atom. The normalized spacial score (nSPS) is 21.3. The molecule has 2 atom stereocenters. The molecule has 3 heterocycles. The Morgan fingerprint density at radius 3 is 2.63 bits per heavy atom. The molecule has 2 aliphatic rings. The average molecular weight is 422 g/mol. The fourth-order valence-corrected chi connectivity index (χ4v) is 5.61. The maximum Gasteiger partial charge on any atom is 0.242 e. The van der Waals surface area contributed by atoms with Gasteiger partial charge in [0.25, 0.3) is 0 Å². The molecular weight excluding hydrogens is 398 g/mol. The minimum Gasteiger partial charge on any atom is -0.319 e. The van der Waals surface area contributed by atoms with Gasteiger partial charge in [0.05, 0.1) is 17.0 Å². The molecule has 1 N–H and O–H groups in total. The van der Waals surface area contributed by atoms with Crippen molar-refractivity contribution in [1.29, 1.82) is 5.26 Å². The Hall–Kier alpha value is -2.76. The summed E-state index contributed by atoms with van der Waals surface area (Å²) in [4.78, 5) is 9.21. The van der Waals surface area contributed by atoms with Crippen LogP contribution in [0.15, 0.2) is 41.6 Å². The van der Waals surface area contributed by atoms with Gasteiger partial charge in [0, 0.05) is 29.9 Å². The predicted molar refractivity (Wildman–Crippen MR) is 113 cm³/mol. The van der Waals surface area contributed by atoms with Crippen LogP contribution in [-0.4, -0.2) is 29.0 Å². The third-order valence-electron chi connectivity index (χ3n) is 6.30. The SMILES string of the molecule is CCC1CCC1n1c(-c2ccc(S(=O)(=O)NC3CC3)cn2)c(C#N)c2cccnc21. The van der Waals surface area contributed by atoms with Gasteiger partial charge in [-0.3, -0.25) is 4.98 Å². The first-order valence-electron chi connectivity index (χ1n) is 10.4. The van der Waals surface area contributed by atoms with Gasteiger partial charge in [0.15, 0.2) is 0 Å². The van der Waals surface area contributed by atoms with Gasteiger partial charge in [-0.2, -0.15) is 5.26 Å². The van der Waals surface area contributed by atoms with E-state index in [1.54, 1.807) is 18.3 Å². The summed E-state index contributed by atoms with van der Waals surface area (Å²) in [6.45, 7) is 2.19. The maximum absolute atomic E-state index is 12.5. The molecule has 3 aromatic heterocycles. The second-order valence-corrected chi connectivity index (χ2v) is 9.88. The van der Waals surface area contributed by atoms with E-state index in [2.05, 4.69) is 32.3 Å². The zero-order valence-corrected chi connectivity index (χ0v) is 17.6. The van der Waals surface area contributed by atoms with Gasteiger partial charge >= 0.3 is 0 Å². The largest absolute Gasteiger partial charge is 0.319 e. The van der Waals surface area contributed by atoms with Gasteiger partial charge < -0.3 is 4.57 Å². The maximum atomic E-state index is 12.5. The number of nitrogens with zero attached hydrogens (tertiary/aromatic N) is 4. The Labute approximate surface area is 175 Å². The highest BCUT2D eigenvalue weighted by Gasteiger charge is 2.35. The van der Waals surface area contributed by atoms with Crippen LogP contribution in [0.25, 0.3) is 22.4 Å². The number of aromatic nitrogens is 3. The van der Waals surface area contributed by atoms with Crippen molar-refractivity contribution in [2.75, 3.05) is 0 Å². The highest BCUT2D eigenvalue weighted by molar-refractivity contribution is 7.89. The number of hydrogen-bond acceptors (Lipinski definition) is 5. The molecule has 0 amide bonds. The van der Waals surface area contributed by atoms with Crippen molar-refractivity contribution >= 4 is 21.1 Å². The molecule has 0 radical (unpaired) electrons. The lowest BCUT2D eigenvalue weighted by Crippen LogP contribution is -2.29. The monoisotopic (exact) mass is 421 g/mol. The molecular formula is C22H23N5O2S. The van der Waals surface area contributed by atoms with Crippen molar-refractivity contribution in [2.24, 2.45) is 5.92 Å². The van der Waals surface area contributed by atoms with Crippen LogP contribution in [-0.2, 0) is 10.0 Å². The van der Waals surface area contributed by atoms with Gasteiger partial charge in [0.2, 0.25) is 10.0 Å². The van der Waals surface area contributed by atoms with E-state index < -0.39 is 10.0 Å². The zero-order valence-electron chi connectivity index (χ0n) is 16.7. The Balaban J connectivity index is 1.64. The first-order valence-corrected chi connectivity index (χ1v) is 11.9. The molecule has 3 aromatic rings. The fraction of sp³-hybridized carbons (Fsp3) is 0.409. The van der Waals surface area contributed by atoms with E-state index >= 15 is 0 Å². The zero-order chi connectivity index (χ0) is 20.9. The molecule has 0 bridgehead atoms. The van der Waals surface area contributed by atoms with Crippen LogP contribution in [0.4, 0.5) is 0 Å². The number of hydrogen-bond donors (Lipinski definition) is 1. The standard InChI is InChI=1S/C22H23N5O2S/c1-2-14-5-10-20(14)27-21(18(12-23)17-4-3-11-24-22(17)27)19-9-8-16(13-25-19)30(28,29)26-15-6-7-15/h3-4,8-9,11,13-15,20,26H,2,5-7,10H2,1H3. The quantitative estimate of drug-likeness (QED) is 0.653. The summed E-state index contributed by atoms with van der Waals surface area (Å²) < 4.78 is 29.8. The third-order valence-corrected chi connectivity index (χ3v) is 7.80. The molecule has 154 valence electrons. The Kier molecular flexibility index (Phi) is 4.60. The molecule has 0 aromatic carbocycles. The van der Waals surface area contributed by atoms with Crippen molar-refractivity contribution in [3.8, 4) is 17.5 Å². The summed E-state index contributed by atoms with van der Waals surface area (Å²) in [6, 6.07) is 9.67. The first kappa shape index (κ1) is 19.2. The molecule has 0 aliphatic heterocycles. The van der Waals surface area contributed by atoms with E-state index in [4.69, 9.17) is 0 Å². The van der Waals surface area contributed by atoms with E-state index in [0.717, 1.165) is 48.8 Å². The lowest BCUT2D eigenvalue weighted by Gasteiger charge is -2.38. The Morgan fingerprint density at radius 1 is 1.20 bits per heavy atom. The molecule has 8 heteroatoms. The molecule has 2 unspecified atom stereocenters. The van der Waals surface area contributed by atoms with Gasteiger partial charge in [-0.1, -0.05) is 13.3 Å². The van der Waals surface area contributed by atoms with E-state index in [1.807, 2.05) is 12.1 Å². The summed E-state index contributed by atoms with van der Waals surface area (Å²) >= 11 is 0. The number of sulfonamides is 1. The van der Waals surface area contributed by atoms with Gasteiger partial charge in [0.1, 0.15) is 16.6 Å². The minimum absolute atomic E-state index is 0.0399. The van der Waals surface area contributed by atoms with Gasteiger partial charge in [-0.25, -0.2) is 18.1 Å². The molecule has 5 rings (SSSR count). The molecule has 7 nitrogen and oxygen atoms in total. The second-order valence-electron chi connectivity index (χ2n) is 8.17. The highest BCUT2D eigenvalue weighted by Crippen LogP contribution is 2.46. The van der Waals surface area contributed by atoms with Crippen molar-refractivity contribution in [2.45, 2.75) is 56.0 Å². The van der Waals surface area contributed by atoms with Crippen molar-refractivity contribution in [3.63, 3.8) is 0 Å². The third kappa shape index (κ3) is 3.09. The van der Waals surface area contributed by atoms with Gasteiger partial charge in [-0.15, -0.1) is 0 Å². The topological polar surface area (TPSA) is 101 Å². The number of fused-ring (bicyclic) bond motifs is 1. The number of rotatable bonds is 6. The van der Waals surface area contributed by atoms with Gasteiger partial charge in [-0.05, 0) is 55.9 Å². The fourth-order valence-electron chi connectivity index (χ4n) is 4.36. The lowest BCUT2D eigenvalue weighted by atomic mass is 9.77. The van der Waals surface area contributed by atoms with Crippen LogP contribution in [0.1, 0.15) is 50.6 Å². The highest BCUT2D eigenvalue weighted by atomic mass is 32.2. The average Bonchev–Trinajstić information content (AvgIpc) is 3.47. The smallest absolute Gasteiger partial charge is 0.242 e. The van der Waals surface area contributed by atoms with Crippen LogP contribution in [0.5, 0.6) is 0 Å². The van der Waals surface area contributed by atoms with E-state index in [9.17, 15) is 13.7 Å². The van der Waals surface area contributed by atoms with Crippen molar-refractivity contribution in [3.05, 3.63) is 42.2 Å². The second kappa shape index (κ2) is 7.18. The minimum atomic E-state index is -3.57. The van der Waals surface area contributed by atoms with E-state index in [1.165, 1.54) is 6.20 Å². The number of pyridine rings is 2. The molecule has 2 fully saturated rings. The molecule has 0 spiro atoms. The van der Waals surface area contributed by atoms with Crippen molar-refractivity contribution in [1.82, 2.24) is 19.3 Å². The number of nitriles is 1. The summed E-state index contributed by atoms with van der Waals surface area (Å²) in [5.41, 5.74) is 2.66. The van der Waals surface area contributed by atoms with E-state index in [0.29, 0.717) is 17.2 Å². The van der Waals surface area contributed by atoms with Crippen LogP contribution >= 0.6 is 0 Å². The molecule has 0 saturated heterocycles. The summed E-state index contributed by atoms with van der Waals surface area (Å²) in [5, 5.41) is 10.8. The molecule has 30 heavy (non-hydrogen) atoms. The van der Waals surface area contributed by atoms with Crippen LogP contribution in [0, 0.1) is 17.2 Å². The van der Waals surface area contributed by atoms with Crippen LogP contribution in [0.2, 0.25) is 0 Å². The number of nitrogens with one attached hydrogen (secondary N) is 1. The van der Waals surface area contributed by atoms with Crippen LogP contribution < -0.4 is 4.72 Å². The van der Waals surface area contributed by atoms with Crippen LogP contribution in [0.3, 0.4) is 0 Å². The molecule has 2 aliphatic carbocycles. The summed E-state index contributed by atoms with van der Waals surface area (Å²) in [6.07, 6.45) is 8.15. The summed E-state index contributed by atoms with van der Waals surface area (Å²) in [5.74, 6) is 0.537. The predicted octanol–water partition coefficient (Wildman–Crippen LogP) is 3.77. The molecule has 2 saturated carbocycles. The first-order chi connectivity index (χ1) is 14.5. The lowest BCUT2D eigenvalue weighted by molar-refractivity contribution is 0.182.